The van der Waals surface area contributed by atoms with E-state index < -0.39 is 0 Å². The highest BCUT2D eigenvalue weighted by molar-refractivity contribution is 7.98. The number of nitrogens with one attached hydrogen (secondary N) is 2. The van der Waals surface area contributed by atoms with Crippen LogP contribution in [0.2, 0.25) is 0 Å². The summed E-state index contributed by atoms with van der Waals surface area (Å²) >= 11 is 1.63. The minimum absolute atomic E-state index is 0.0787. The zero-order chi connectivity index (χ0) is 20.6. The van der Waals surface area contributed by atoms with Crippen molar-refractivity contribution < 1.29 is 14.0 Å². The lowest BCUT2D eigenvalue weighted by molar-refractivity contribution is -0.122. The van der Waals surface area contributed by atoms with Gasteiger partial charge in [0.25, 0.3) is 0 Å². The monoisotopic (exact) mass is 415 g/mol. The van der Waals surface area contributed by atoms with Crippen LogP contribution in [0.15, 0.2) is 53.4 Å². The summed E-state index contributed by atoms with van der Waals surface area (Å²) in [4.78, 5) is 27.6. The smallest absolute Gasteiger partial charge is 0.321 e. The molecule has 1 aliphatic heterocycles. The molecule has 1 saturated heterocycles. The maximum Gasteiger partial charge on any atom is 0.321 e. The third-order valence-electron chi connectivity index (χ3n) is 5.13. The van der Waals surface area contributed by atoms with Crippen molar-refractivity contribution in [3.8, 4) is 0 Å². The highest BCUT2D eigenvalue weighted by Gasteiger charge is 2.24. The van der Waals surface area contributed by atoms with Crippen molar-refractivity contribution in [1.82, 2.24) is 10.2 Å². The van der Waals surface area contributed by atoms with Crippen molar-refractivity contribution in [1.29, 1.82) is 0 Å². The molecule has 3 amide bonds. The van der Waals surface area contributed by atoms with Gasteiger partial charge < -0.3 is 15.5 Å². The first-order valence-corrected chi connectivity index (χ1v) is 11.0. The second kappa shape index (κ2) is 10.3. The largest absolute Gasteiger partial charge is 0.352 e. The number of piperidine rings is 1. The lowest BCUT2D eigenvalue weighted by Crippen LogP contribution is -2.41. The molecule has 2 aromatic rings. The van der Waals surface area contributed by atoms with Crippen LogP contribution in [0.1, 0.15) is 24.8 Å². The van der Waals surface area contributed by atoms with Crippen LogP contribution >= 0.6 is 11.8 Å². The highest BCUT2D eigenvalue weighted by Crippen LogP contribution is 2.23. The first-order valence-electron chi connectivity index (χ1n) is 9.75. The summed E-state index contributed by atoms with van der Waals surface area (Å²) in [5.74, 6) is -0.153. The molecule has 0 bridgehead atoms. The van der Waals surface area contributed by atoms with Gasteiger partial charge in [0.05, 0.1) is 0 Å². The Bertz CT molecular complexity index is 853. The summed E-state index contributed by atoms with van der Waals surface area (Å²) in [5, 5.41) is 5.74. The standard InChI is InChI=1S/C22H26FN3O2S/c1-29-19-7-4-6-18(14-19)25-22(28)26-11-9-16(10-12-26)13-21(27)24-15-17-5-2-3-8-20(17)23/h2-8,14,16H,9-13,15H2,1H3,(H,24,27)(H,25,28). The fourth-order valence-electron chi connectivity index (χ4n) is 3.41. The molecule has 1 aliphatic rings. The molecule has 29 heavy (non-hydrogen) atoms. The summed E-state index contributed by atoms with van der Waals surface area (Å²) < 4.78 is 13.6. The molecule has 2 aromatic carbocycles. The van der Waals surface area contributed by atoms with E-state index in [2.05, 4.69) is 10.6 Å². The molecular formula is C22H26FN3O2S. The molecule has 0 spiro atoms. The van der Waals surface area contributed by atoms with Crippen LogP contribution in [0.5, 0.6) is 0 Å². The number of hydrogen-bond donors (Lipinski definition) is 2. The van der Waals surface area contributed by atoms with Gasteiger partial charge in [0.1, 0.15) is 5.82 Å². The number of halogens is 1. The van der Waals surface area contributed by atoms with E-state index in [0.717, 1.165) is 23.4 Å². The number of rotatable bonds is 6. The summed E-state index contributed by atoms with van der Waals surface area (Å²) in [6, 6.07) is 14.1. The highest BCUT2D eigenvalue weighted by atomic mass is 32.2. The molecule has 154 valence electrons. The van der Waals surface area contributed by atoms with Gasteiger partial charge in [-0.2, -0.15) is 0 Å². The quantitative estimate of drug-likeness (QED) is 0.683. The van der Waals surface area contributed by atoms with Crippen molar-refractivity contribution >= 4 is 29.4 Å². The van der Waals surface area contributed by atoms with Crippen molar-refractivity contribution in [3.05, 3.63) is 59.9 Å². The zero-order valence-corrected chi connectivity index (χ0v) is 17.3. The van der Waals surface area contributed by atoms with E-state index in [-0.39, 0.29) is 30.2 Å². The second-order valence-electron chi connectivity index (χ2n) is 7.16. The zero-order valence-electron chi connectivity index (χ0n) is 16.5. The number of hydrogen-bond acceptors (Lipinski definition) is 3. The minimum Gasteiger partial charge on any atom is -0.352 e. The van der Waals surface area contributed by atoms with Crippen molar-refractivity contribution in [2.24, 2.45) is 5.92 Å². The normalized spacial score (nSPS) is 14.5. The van der Waals surface area contributed by atoms with Gasteiger partial charge in [0.15, 0.2) is 0 Å². The predicted octanol–water partition coefficient (Wildman–Crippen LogP) is 4.50. The number of carbonyl (C=O) groups is 2. The Morgan fingerprint density at radius 3 is 2.62 bits per heavy atom. The Balaban J connectivity index is 1.41. The number of likely N-dealkylation sites (tertiary alicyclic amines) is 1. The predicted molar refractivity (Wildman–Crippen MR) is 114 cm³/mol. The summed E-state index contributed by atoms with van der Waals surface area (Å²) in [6.45, 7) is 1.44. The van der Waals surface area contributed by atoms with Gasteiger partial charge in [-0.15, -0.1) is 11.8 Å². The molecule has 1 heterocycles. The van der Waals surface area contributed by atoms with Crippen LogP contribution < -0.4 is 10.6 Å². The van der Waals surface area contributed by atoms with Gasteiger partial charge >= 0.3 is 6.03 Å². The number of nitrogens with zero attached hydrogens (tertiary/aromatic N) is 1. The Morgan fingerprint density at radius 1 is 1.14 bits per heavy atom. The van der Waals surface area contributed by atoms with E-state index in [1.807, 2.05) is 30.5 Å². The topological polar surface area (TPSA) is 61.4 Å². The Labute approximate surface area is 175 Å². The van der Waals surface area contributed by atoms with Crippen LogP contribution in [0, 0.1) is 11.7 Å². The van der Waals surface area contributed by atoms with Gasteiger partial charge in [-0.25, -0.2) is 9.18 Å². The second-order valence-corrected chi connectivity index (χ2v) is 8.04. The minimum atomic E-state index is -0.310. The van der Waals surface area contributed by atoms with E-state index in [1.54, 1.807) is 34.9 Å². The molecule has 1 fully saturated rings. The molecule has 2 N–H and O–H groups in total. The molecule has 3 rings (SSSR count). The molecule has 0 radical (unpaired) electrons. The van der Waals surface area contributed by atoms with Gasteiger partial charge in [-0.05, 0) is 49.3 Å². The number of anilines is 1. The van der Waals surface area contributed by atoms with E-state index in [9.17, 15) is 14.0 Å². The molecule has 0 aromatic heterocycles. The SMILES string of the molecule is CSc1cccc(NC(=O)N2CCC(CC(=O)NCc3ccccc3F)CC2)c1. The third-order valence-corrected chi connectivity index (χ3v) is 5.86. The first-order chi connectivity index (χ1) is 14.0. The van der Waals surface area contributed by atoms with Gasteiger partial charge in [0, 0.05) is 42.2 Å². The van der Waals surface area contributed by atoms with E-state index in [4.69, 9.17) is 0 Å². The lowest BCUT2D eigenvalue weighted by Gasteiger charge is -2.31. The lowest BCUT2D eigenvalue weighted by atomic mass is 9.93. The Morgan fingerprint density at radius 2 is 1.90 bits per heavy atom. The van der Waals surface area contributed by atoms with Gasteiger partial charge in [0.2, 0.25) is 5.91 Å². The number of amides is 3. The van der Waals surface area contributed by atoms with E-state index in [1.165, 1.54) is 6.07 Å². The van der Waals surface area contributed by atoms with Crippen LogP contribution in [0.4, 0.5) is 14.9 Å². The maximum absolute atomic E-state index is 13.6. The maximum atomic E-state index is 13.6. The number of carbonyl (C=O) groups excluding carboxylic acids is 2. The third kappa shape index (κ3) is 6.22. The first kappa shape index (κ1) is 21.2. The average molecular weight is 416 g/mol. The molecule has 0 aliphatic carbocycles. The van der Waals surface area contributed by atoms with Gasteiger partial charge in [-0.3, -0.25) is 4.79 Å². The van der Waals surface area contributed by atoms with Crippen molar-refractivity contribution in [3.63, 3.8) is 0 Å². The van der Waals surface area contributed by atoms with Crippen molar-refractivity contribution in [2.45, 2.75) is 30.7 Å². The molecule has 5 nitrogen and oxygen atoms in total. The summed E-state index contributed by atoms with van der Waals surface area (Å²) in [6.07, 6.45) is 3.97. The van der Waals surface area contributed by atoms with Gasteiger partial charge in [-0.1, -0.05) is 24.3 Å². The van der Waals surface area contributed by atoms with Crippen LogP contribution in [0.25, 0.3) is 0 Å². The molecule has 0 atom stereocenters. The van der Waals surface area contributed by atoms with Crippen molar-refractivity contribution in [2.75, 3.05) is 24.7 Å². The van der Waals surface area contributed by atoms with E-state index in [0.29, 0.717) is 25.1 Å². The molecular weight excluding hydrogens is 389 g/mol. The van der Waals surface area contributed by atoms with E-state index >= 15 is 0 Å². The number of thioether (sulfide) groups is 1. The molecule has 0 unspecified atom stereocenters. The number of urea groups is 1. The fourth-order valence-corrected chi connectivity index (χ4v) is 3.87. The number of benzene rings is 2. The van der Waals surface area contributed by atoms with Crippen LogP contribution in [0.3, 0.4) is 0 Å². The Hall–Kier alpha value is -2.54. The fraction of sp³-hybridized carbons (Fsp3) is 0.364. The summed E-state index contributed by atoms with van der Waals surface area (Å²) in [5.41, 5.74) is 1.27. The molecule has 7 heteroatoms. The van der Waals surface area contributed by atoms with Crippen LogP contribution in [-0.2, 0) is 11.3 Å². The summed E-state index contributed by atoms with van der Waals surface area (Å²) in [7, 11) is 0. The van der Waals surface area contributed by atoms with Crippen LogP contribution in [-0.4, -0.2) is 36.2 Å². The average Bonchev–Trinajstić information content (AvgIpc) is 2.74. The Kier molecular flexibility index (Phi) is 7.52. The molecule has 0 saturated carbocycles.